The van der Waals surface area contributed by atoms with Crippen molar-refractivity contribution in [3.05, 3.63) is 63.8 Å². The van der Waals surface area contributed by atoms with E-state index in [0.717, 1.165) is 70.6 Å². The van der Waals surface area contributed by atoms with Crippen LogP contribution in [-0.2, 0) is 0 Å². The molecule has 1 aliphatic heterocycles. The molecule has 1 aromatic heterocycles. The van der Waals surface area contributed by atoms with E-state index in [1.54, 1.807) is 0 Å². The van der Waals surface area contributed by atoms with Crippen LogP contribution in [0.4, 0.5) is 28.8 Å². The SMILES string of the molecule is Cc1cnc(Nc2ccc(N3CCN(C)CC3)cc2)nc1Nc1cc(C)c(Cl)c(C)c1C. The van der Waals surface area contributed by atoms with Gasteiger partial charge in [-0.3, -0.25) is 0 Å². The van der Waals surface area contributed by atoms with Gasteiger partial charge in [0.25, 0.3) is 0 Å². The van der Waals surface area contributed by atoms with Crippen LogP contribution >= 0.6 is 11.6 Å². The normalized spacial score (nSPS) is 14.5. The van der Waals surface area contributed by atoms with E-state index in [1.807, 2.05) is 27.0 Å². The predicted molar refractivity (Wildman–Crippen MR) is 135 cm³/mol. The van der Waals surface area contributed by atoms with Gasteiger partial charge in [-0.25, -0.2) is 4.98 Å². The molecule has 0 saturated carbocycles. The number of aromatic nitrogens is 2. The summed E-state index contributed by atoms with van der Waals surface area (Å²) in [6.45, 7) is 12.4. The van der Waals surface area contributed by atoms with Crippen molar-refractivity contribution in [2.24, 2.45) is 0 Å². The predicted octanol–water partition coefficient (Wildman–Crippen LogP) is 5.60. The summed E-state index contributed by atoms with van der Waals surface area (Å²) >= 11 is 6.40. The van der Waals surface area contributed by atoms with Crippen LogP contribution in [0.15, 0.2) is 36.5 Å². The van der Waals surface area contributed by atoms with Gasteiger partial charge in [-0.15, -0.1) is 0 Å². The van der Waals surface area contributed by atoms with Gasteiger partial charge in [0.2, 0.25) is 5.95 Å². The second-order valence-corrected chi connectivity index (χ2v) is 9.00. The highest BCUT2D eigenvalue weighted by Crippen LogP contribution is 2.32. The molecule has 6 nitrogen and oxygen atoms in total. The van der Waals surface area contributed by atoms with Crippen LogP contribution in [0.25, 0.3) is 0 Å². The summed E-state index contributed by atoms with van der Waals surface area (Å²) in [4.78, 5) is 14.0. The minimum Gasteiger partial charge on any atom is -0.369 e. The second-order valence-electron chi connectivity index (χ2n) is 8.62. The first-order valence-electron chi connectivity index (χ1n) is 11.0. The summed E-state index contributed by atoms with van der Waals surface area (Å²) in [7, 11) is 2.17. The molecule has 7 heteroatoms. The van der Waals surface area contributed by atoms with Crippen LogP contribution in [0, 0.1) is 27.7 Å². The summed E-state index contributed by atoms with van der Waals surface area (Å²) in [6, 6.07) is 10.5. The molecule has 0 radical (unpaired) electrons. The third-order valence-electron chi connectivity index (χ3n) is 6.22. The lowest BCUT2D eigenvalue weighted by atomic mass is 10.0. The molecule has 0 unspecified atom stereocenters. The van der Waals surface area contributed by atoms with E-state index in [4.69, 9.17) is 16.6 Å². The highest BCUT2D eigenvalue weighted by atomic mass is 35.5. The quantitative estimate of drug-likeness (QED) is 0.527. The van der Waals surface area contributed by atoms with Crippen molar-refractivity contribution in [1.29, 1.82) is 0 Å². The Morgan fingerprint density at radius 2 is 1.56 bits per heavy atom. The first-order valence-corrected chi connectivity index (χ1v) is 11.4. The Bertz CT molecular complexity index is 1100. The van der Waals surface area contributed by atoms with Gasteiger partial charge in [0.15, 0.2) is 0 Å². The van der Waals surface area contributed by atoms with Crippen molar-refractivity contribution >= 4 is 40.4 Å². The van der Waals surface area contributed by atoms with E-state index in [2.05, 4.69) is 69.7 Å². The number of nitrogens with one attached hydrogen (secondary N) is 2. The van der Waals surface area contributed by atoms with E-state index in [1.165, 1.54) is 5.69 Å². The van der Waals surface area contributed by atoms with Crippen LogP contribution in [-0.4, -0.2) is 48.1 Å². The number of nitrogens with zero attached hydrogens (tertiary/aromatic N) is 4. The second kappa shape index (κ2) is 9.35. The third-order valence-corrected chi connectivity index (χ3v) is 6.80. The average Bonchev–Trinajstić information content (AvgIpc) is 2.79. The zero-order chi connectivity index (χ0) is 22.8. The highest BCUT2D eigenvalue weighted by molar-refractivity contribution is 6.32. The Labute approximate surface area is 195 Å². The van der Waals surface area contributed by atoms with E-state index >= 15 is 0 Å². The Kier molecular flexibility index (Phi) is 6.53. The fourth-order valence-electron chi connectivity index (χ4n) is 3.89. The van der Waals surface area contributed by atoms with Crippen molar-refractivity contribution < 1.29 is 0 Å². The number of anilines is 5. The van der Waals surface area contributed by atoms with E-state index in [-0.39, 0.29) is 0 Å². The van der Waals surface area contributed by atoms with Gasteiger partial charge in [-0.1, -0.05) is 11.6 Å². The van der Waals surface area contributed by atoms with Crippen molar-refractivity contribution in [2.45, 2.75) is 27.7 Å². The minimum atomic E-state index is 0.561. The molecule has 0 spiro atoms. The molecule has 2 heterocycles. The minimum absolute atomic E-state index is 0.561. The molecule has 0 bridgehead atoms. The van der Waals surface area contributed by atoms with Gasteiger partial charge >= 0.3 is 0 Å². The van der Waals surface area contributed by atoms with Crippen molar-refractivity contribution in [1.82, 2.24) is 14.9 Å². The van der Waals surface area contributed by atoms with Crippen LogP contribution in [0.2, 0.25) is 5.02 Å². The third kappa shape index (κ3) is 4.81. The molecule has 4 rings (SSSR count). The van der Waals surface area contributed by atoms with Crippen molar-refractivity contribution in [3.63, 3.8) is 0 Å². The lowest BCUT2D eigenvalue weighted by Gasteiger charge is -2.34. The molecule has 0 amide bonds. The zero-order valence-electron chi connectivity index (χ0n) is 19.5. The first kappa shape index (κ1) is 22.4. The molecule has 2 aromatic carbocycles. The Morgan fingerprint density at radius 1 is 0.875 bits per heavy atom. The smallest absolute Gasteiger partial charge is 0.229 e. The number of halogens is 1. The number of likely N-dealkylation sites (N-methyl/N-ethyl adjacent to an activating group) is 1. The maximum absolute atomic E-state index is 6.40. The lowest BCUT2D eigenvalue weighted by molar-refractivity contribution is 0.313. The summed E-state index contributed by atoms with van der Waals surface area (Å²) in [6.07, 6.45) is 1.83. The standard InChI is InChI=1S/C25H31ClN6/c1-16-14-22(18(3)19(4)23(16)26)29-24-17(2)15-27-25(30-24)28-20-6-8-21(9-7-20)32-12-10-31(5)11-13-32/h6-9,14-15H,10-13H2,1-5H3,(H2,27,28,29,30). The first-order chi connectivity index (χ1) is 15.3. The van der Waals surface area contributed by atoms with Crippen LogP contribution in [0.3, 0.4) is 0 Å². The lowest BCUT2D eigenvalue weighted by Crippen LogP contribution is -2.44. The Morgan fingerprint density at radius 3 is 2.25 bits per heavy atom. The molecule has 0 aliphatic carbocycles. The molecule has 168 valence electrons. The molecule has 0 atom stereocenters. The van der Waals surface area contributed by atoms with Gasteiger partial charge in [0.05, 0.1) is 0 Å². The summed E-state index contributed by atoms with van der Waals surface area (Å²) in [5.74, 6) is 1.34. The average molecular weight is 451 g/mol. The zero-order valence-corrected chi connectivity index (χ0v) is 20.2. The highest BCUT2D eigenvalue weighted by Gasteiger charge is 2.14. The molecule has 32 heavy (non-hydrogen) atoms. The van der Waals surface area contributed by atoms with Crippen molar-refractivity contribution in [3.8, 4) is 0 Å². The number of piperazine rings is 1. The van der Waals surface area contributed by atoms with Crippen molar-refractivity contribution in [2.75, 3.05) is 48.8 Å². The van der Waals surface area contributed by atoms with Gasteiger partial charge < -0.3 is 20.4 Å². The molecular formula is C25H31ClN6. The number of aryl methyl sites for hydroxylation is 2. The summed E-state index contributed by atoms with van der Waals surface area (Å²) in [5.41, 5.74) is 7.45. The van der Waals surface area contributed by atoms with Crippen LogP contribution < -0.4 is 15.5 Å². The maximum atomic E-state index is 6.40. The molecule has 1 aliphatic rings. The summed E-state index contributed by atoms with van der Waals surface area (Å²) in [5, 5.41) is 7.62. The Balaban J connectivity index is 1.50. The molecule has 2 N–H and O–H groups in total. The number of hydrogen-bond donors (Lipinski definition) is 2. The van der Waals surface area contributed by atoms with Gasteiger partial charge in [0, 0.05) is 60.0 Å². The van der Waals surface area contributed by atoms with Gasteiger partial charge in [-0.05, 0) is 81.8 Å². The monoisotopic (exact) mass is 450 g/mol. The largest absolute Gasteiger partial charge is 0.369 e. The van der Waals surface area contributed by atoms with E-state index < -0.39 is 0 Å². The number of benzene rings is 2. The number of hydrogen-bond acceptors (Lipinski definition) is 6. The Hall–Kier alpha value is -2.83. The molecule has 1 fully saturated rings. The fraction of sp³-hybridized carbons (Fsp3) is 0.360. The van der Waals surface area contributed by atoms with E-state index in [0.29, 0.717) is 5.95 Å². The summed E-state index contributed by atoms with van der Waals surface area (Å²) < 4.78 is 0. The molecule has 1 saturated heterocycles. The maximum Gasteiger partial charge on any atom is 0.229 e. The van der Waals surface area contributed by atoms with Crippen LogP contribution in [0.1, 0.15) is 22.3 Å². The number of rotatable bonds is 5. The van der Waals surface area contributed by atoms with Crippen LogP contribution in [0.5, 0.6) is 0 Å². The molecular weight excluding hydrogens is 420 g/mol. The van der Waals surface area contributed by atoms with Gasteiger partial charge in [0.1, 0.15) is 5.82 Å². The van der Waals surface area contributed by atoms with E-state index in [9.17, 15) is 0 Å². The molecule has 3 aromatic rings. The topological polar surface area (TPSA) is 56.3 Å². The van der Waals surface area contributed by atoms with Gasteiger partial charge in [-0.2, -0.15) is 4.98 Å². The fourth-order valence-corrected chi connectivity index (χ4v) is 4.08.